The highest BCUT2D eigenvalue weighted by Gasteiger charge is 2.11. The minimum atomic E-state index is -0.319. The van der Waals surface area contributed by atoms with Gasteiger partial charge in [-0.25, -0.2) is 4.39 Å². The van der Waals surface area contributed by atoms with Gasteiger partial charge in [0.1, 0.15) is 5.82 Å². The van der Waals surface area contributed by atoms with Gasteiger partial charge < -0.3 is 15.6 Å². The molecule has 1 atom stereocenters. The highest BCUT2D eigenvalue weighted by Crippen LogP contribution is 2.17. The van der Waals surface area contributed by atoms with E-state index in [9.17, 15) is 9.18 Å². The van der Waals surface area contributed by atoms with Gasteiger partial charge in [-0.05, 0) is 36.2 Å². The fraction of sp³-hybridized carbons (Fsp3) is 0.250. The van der Waals surface area contributed by atoms with Gasteiger partial charge in [-0.3, -0.25) is 4.79 Å². The maximum Gasteiger partial charge on any atom is 0.226 e. The number of rotatable bonds is 8. The summed E-state index contributed by atoms with van der Waals surface area (Å²) in [5.74, 6) is 0.464. The van der Waals surface area contributed by atoms with Gasteiger partial charge in [0.2, 0.25) is 17.6 Å². The predicted octanol–water partition coefficient (Wildman–Crippen LogP) is 3.01. The number of hydrogen-bond acceptors (Lipinski definition) is 5. The van der Waals surface area contributed by atoms with Crippen molar-refractivity contribution in [3.63, 3.8) is 0 Å². The third-order valence-corrected chi connectivity index (χ3v) is 4.11. The Balaban J connectivity index is 1.40. The van der Waals surface area contributed by atoms with Crippen LogP contribution in [0.15, 0.2) is 59.1 Å². The molecule has 0 spiro atoms. The monoisotopic (exact) mass is 368 g/mol. The number of hydrogen-bond donors (Lipinski definition) is 2. The third-order valence-electron chi connectivity index (χ3n) is 4.11. The molecule has 0 aliphatic heterocycles. The van der Waals surface area contributed by atoms with Crippen LogP contribution in [0.4, 0.5) is 4.39 Å². The van der Waals surface area contributed by atoms with Crippen LogP contribution in [-0.4, -0.2) is 22.6 Å². The average molecular weight is 368 g/mol. The lowest BCUT2D eigenvalue weighted by molar-refractivity contribution is -0.121. The van der Waals surface area contributed by atoms with Crippen LogP contribution in [0.3, 0.4) is 0 Å². The number of amides is 1. The van der Waals surface area contributed by atoms with Gasteiger partial charge in [0.15, 0.2) is 0 Å². The van der Waals surface area contributed by atoms with E-state index >= 15 is 0 Å². The van der Waals surface area contributed by atoms with Gasteiger partial charge in [0.25, 0.3) is 0 Å². The Morgan fingerprint density at radius 1 is 1.15 bits per heavy atom. The molecular weight excluding hydrogens is 347 g/mol. The molecule has 3 aromatic rings. The largest absolute Gasteiger partial charge is 0.354 e. The van der Waals surface area contributed by atoms with E-state index in [1.165, 1.54) is 12.1 Å². The first-order chi connectivity index (χ1) is 13.1. The van der Waals surface area contributed by atoms with Crippen molar-refractivity contribution in [2.24, 2.45) is 5.73 Å². The molecule has 7 heteroatoms. The number of aromatic nitrogens is 2. The van der Waals surface area contributed by atoms with Crippen molar-refractivity contribution in [1.29, 1.82) is 0 Å². The van der Waals surface area contributed by atoms with Crippen LogP contribution in [0, 0.1) is 5.82 Å². The van der Waals surface area contributed by atoms with Crippen molar-refractivity contribution in [2.75, 3.05) is 6.54 Å². The van der Waals surface area contributed by atoms with E-state index in [2.05, 4.69) is 15.5 Å². The Labute approximate surface area is 156 Å². The smallest absolute Gasteiger partial charge is 0.226 e. The summed E-state index contributed by atoms with van der Waals surface area (Å²) < 4.78 is 18.1. The van der Waals surface area contributed by atoms with Gasteiger partial charge in [0.05, 0.1) is 0 Å². The van der Waals surface area contributed by atoms with Crippen LogP contribution in [0.5, 0.6) is 0 Å². The van der Waals surface area contributed by atoms with E-state index in [-0.39, 0.29) is 17.8 Å². The van der Waals surface area contributed by atoms with Crippen molar-refractivity contribution >= 4 is 5.91 Å². The molecule has 27 heavy (non-hydrogen) atoms. The highest BCUT2D eigenvalue weighted by atomic mass is 19.1. The molecule has 0 aliphatic carbocycles. The fourth-order valence-electron chi connectivity index (χ4n) is 2.60. The lowest BCUT2D eigenvalue weighted by atomic mass is 10.1. The van der Waals surface area contributed by atoms with E-state index in [4.69, 9.17) is 10.3 Å². The molecule has 1 heterocycles. The summed E-state index contributed by atoms with van der Waals surface area (Å²) in [5, 5.41) is 6.72. The van der Waals surface area contributed by atoms with E-state index in [1.807, 2.05) is 30.3 Å². The average Bonchev–Trinajstić information content (AvgIpc) is 3.16. The van der Waals surface area contributed by atoms with Crippen LogP contribution in [0.25, 0.3) is 11.4 Å². The number of aryl methyl sites for hydroxylation is 1. The fourth-order valence-corrected chi connectivity index (χ4v) is 2.60. The normalized spacial score (nSPS) is 11.9. The first-order valence-electron chi connectivity index (χ1n) is 8.77. The summed E-state index contributed by atoms with van der Waals surface area (Å²) in [6, 6.07) is 15.3. The van der Waals surface area contributed by atoms with Gasteiger partial charge in [0, 0.05) is 31.0 Å². The number of carbonyl (C=O) groups is 1. The Morgan fingerprint density at radius 2 is 1.89 bits per heavy atom. The van der Waals surface area contributed by atoms with Crippen LogP contribution >= 0.6 is 0 Å². The van der Waals surface area contributed by atoms with Crippen LogP contribution in [-0.2, 0) is 11.2 Å². The Bertz CT molecular complexity index is 865. The number of nitrogens with one attached hydrogen (secondary N) is 1. The lowest BCUT2D eigenvalue weighted by Crippen LogP contribution is -2.31. The number of nitrogens with two attached hydrogens (primary N) is 1. The summed E-state index contributed by atoms with van der Waals surface area (Å²) >= 11 is 0. The lowest BCUT2D eigenvalue weighted by Gasteiger charge is -2.12. The zero-order valence-electron chi connectivity index (χ0n) is 14.8. The predicted molar refractivity (Wildman–Crippen MR) is 99.0 cm³/mol. The number of benzene rings is 2. The standard InChI is InChI=1S/C20H21FN4O2/c21-16-11-9-15(10-12-16)20-24-19(27-25-20)8-4-7-18(26)23-13-17(22)14-5-2-1-3-6-14/h1-3,5-6,9-12,17H,4,7-8,13,22H2,(H,23,26). The van der Waals surface area contributed by atoms with E-state index in [0.717, 1.165) is 5.56 Å². The van der Waals surface area contributed by atoms with Crippen LogP contribution in [0.2, 0.25) is 0 Å². The highest BCUT2D eigenvalue weighted by molar-refractivity contribution is 5.75. The summed E-state index contributed by atoms with van der Waals surface area (Å²) in [7, 11) is 0. The second-order valence-electron chi connectivity index (χ2n) is 6.19. The van der Waals surface area contributed by atoms with Gasteiger partial charge in [-0.1, -0.05) is 35.5 Å². The molecule has 1 aromatic heterocycles. The van der Waals surface area contributed by atoms with Crippen molar-refractivity contribution in [3.05, 3.63) is 71.9 Å². The second kappa shape index (κ2) is 9.05. The summed E-state index contributed by atoms with van der Waals surface area (Å²) in [5.41, 5.74) is 7.72. The summed E-state index contributed by atoms with van der Waals surface area (Å²) in [6.07, 6.45) is 1.42. The molecule has 1 amide bonds. The van der Waals surface area contributed by atoms with Gasteiger partial charge in [-0.15, -0.1) is 0 Å². The quantitative estimate of drug-likeness (QED) is 0.637. The van der Waals surface area contributed by atoms with Crippen LogP contribution in [0.1, 0.15) is 30.3 Å². The third kappa shape index (κ3) is 5.46. The topological polar surface area (TPSA) is 94.0 Å². The molecule has 3 N–H and O–H groups in total. The zero-order valence-corrected chi connectivity index (χ0v) is 14.8. The molecule has 6 nitrogen and oxygen atoms in total. The molecule has 0 aliphatic rings. The molecule has 0 fully saturated rings. The zero-order chi connectivity index (χ0) is 19.1. The molecule has 0 saturated heterocycles. The first-order valence-corrected chi connectivity index (χ1v) is 8.77. The minimum absolute atomic E-state index is 0.0698. The van der Waals surface area contributed by atoms with E-state index in [1.54, 1.807) is 12.1 Å². The van der Waals surface area contributed by atoms with Crippen LogP contribution < -0.4 is 11.1 Å². The molecule has 0 saturated carbocycles. The Morgan fingerprint density at radius 3 is 2.63 bits per heavy atom. The first kappa shape index (κ1) is 18.7. The van der Waals surface area contributed by atoms with Crippen molar-refractivity contribution < 1.29 is 13.7 Å². The molecule has 0 radical (unpaired) electrons. The molecule has 3 rings (SSSR count). The molecule has 1 unspecified atom stereocenters. The van der Waals surface area contributed by atoms with Crippen molar-refractivity contribution in [2.45, 2.75) is 25.3 Å². The SMILES string of the molecule is NC(CNC(=O)CCCc1nc(-c2ccc(F)cc2)no1)c1ccccc1. The van der Waals surface area contributed by atoms with E-state index in [0.29, 0.717) is 43.1 Å². The molecule has 2 aromatic carbocycles. The van der Waals surface area contributed by atoms with Crippen molar-refractivity contribution in [3.8, 4) is 11.4 Å². The minimum Gasteiger partial charge on any atom is -0.354 e. The number of nitrogens with zero attached hydrogens (tertiary/aromatic N) is 2. The van der Waals surface area contributed by atoms with Gasteiger partial charge >= 0.3 is 0 Å². The maximum atomic E-state index is 12.9. The second-order valence-corrected chi connectivity index (χ2v) is 6.19. The van der Waals surface area contributed by atoms with Crippen molar-refractivity contribution in [1.82, 2.24) is 15.5 Å². The maximum absolute atomic E-state index is 12.9. The molecule has 0 bridgehead atoms. The Hall–Kier alpha value is -3.06. The van der Waals surface area contributed by atoms with E-state index < -0.39 is 0 Å². The summed E-state index contributed by atoms with van der Waals surface area (Å²) in [6.45, 7) is 0.387. The number of halogens is 1. The number of carbonyl (C=O) groups excluding carboxylic acids is 1. The Kier molecular flexibility index (Phi) is 6.27. The van der Waals surface area contributed by atoms with Gasteiger partial charge in [-0.2, -0.15) is 4.98 Å². The molecule has 140 valence electrons. The summed E-state index contributed by atoms with van der Waals surface area (Å²) in [4.78, 5) is 16.2. The molecular formula is C20H21FN4O2.